The summed E-state index contributed by atoms with van der Waals surface area (Å²) in [5.74, 6) is -5.28. The van der Waals surface area contributed by atoms with Crippen molar-refractivity contribution in [3.63, 3.8) is 0 Å². The lowest BCUT2D eigenvalue weighted by molar-refractivity contribution is 0.0676. The highest BCUT2D eigenvalue weighted by molar-refractivity contribution is 7.18. The molecule has 0 aliphatic rings. The van der Waals surface area contributed by atoms with Gasteiger partial charge in [-0.3, -0.25) is 0 Å². The van der Waals surface area contributed by atoms with Crippen molar-refractivity contribution in [1.29, 1.82) is 0 Å². The highest BCUT2D eigenvalue weighted by Crippen LogP contribution is 2.41. The predicted octanol–water partition coefficient (Wildman–Crippen LogP) is 8.48. The van der Waals surface area contributed by atoms with Gasteiger partial charge in [-0.1, -0.05) is 88.5 Å². The Kier molecular flexibility index (Phi) is 11.4. The van der Waals surface area contributed by atoms with Gasteiger partial charge in [-0.25, -0.2) is 28.5 Å². The molecule has 0 aliphatic carbocycles. The molecule has 0 aliphatic heterocycles. The van der Waals surface area contributed by atoms with E-state index in [2.05, 4.69) is 51.0 Å². The molecule has 0 saturated carbocycles. The van der Waals surface area contributed by atoms with Gasteiger partial charge in [0.1, 0.15) is 10.0 Å². The van der Waals surface area contributed by atoms with Crippen molar-refractivity contribution in [2.45, 2.75) is 52.4 Å². The van der Waals surface area contributed by atoms with Crippen LogP contribution in [-0.4, -0.2) is 84.3 Å². The molecule has 0 bridgehead atoms. The molecule has 0 unspecified atom stereocenters. The summed E-state index contributed by atoms with van der Waals surface area (Å²) in [5.41, 5.74) is 13.6. The Morgan fingerprint density at radius 3 is 1.11 bits per heavy atom. The summed E-state index contributed by atoms with van der Waals surface area (Å²) in [5, 5.41) is 83.1. The molecule has 326 valence electrons. The minimum Gasteiger partial charge on any atom is -0.478 e. The van der Waals surface area contributed by atoms with E-state index in [1.165, 1.54) is 33.6 Å². The molecule has 0 radical (unpaired) electrons. The molecule has 0 saturated heterocycles. The zero-order valence-corrected chi connectivity index (χ0v) is 36.2. The van der Waals surface area contributed by atoms with Crippen molar-refractivity contribution in [1.82, 2.24) is 40.0 Å². The number of hydrogen-bond donors (Lipinski definition) is 6. The third kappa shape index (κ3) is 8.93. The van der Waals surface area contributed by atoms with Gasteiger partial charge < -0.3 is 31.9 Å². The number of carboxylic acid groups (broad SMARTS) is 4. The third-order valence-corrected chi connectivity index (χ3v) is 10.9. The quantitative estimate of drug-likeness (QED) is 0.0626. The Balaban J connectivity index is 1.11. The lowest BCUT2D eigenvalue weighted by atomic mass is 9.91. The smallest absolute Gasteiger partial charge is 0.335 e. The Morgan fingerprint density at radius 1 is 0.516 bits per heavy atom. The van der Waals surface area contributed by atoms with Crippen LogP contribution in [0.1, 0.15) is 94.4 Å². The molecule has 0 fully saturated rings. The molecule has 4 heterocycles. The number of nitrogens with two attached hydrogens (primary N) is 2. The summed E-state index contributed by atoms with van der Waals surface area (Å²) in [4.78, 5) is 47.0. The summed E-state index contributed by atoms with van der Waals surface area (Å²) in [6.07, 6.45) is 0. The second-order valence-corrected chi connectivity index (χ2v) is 17.9. The number of azo groups is 2. The lowest BCUT2D eigenvalue weighted by Gasteiger charge is -2.15. The van der Waals surface area contributed by atoms with Crippen molar-refractivity contribution in [2.75, 3.05) is 11.5 Å². The number of aromatic carboxylic acids is 4. The van der Waals surface area contributed by atoms with Crippen molar-refractivity contribution in [3.05, 3.63) is 94.3 Å². The van der Waals surface area contributed by atoms with Crippen molar-refractivity contribution >= 4 is 79.8 Å². The fourth-order valence-electron chi connectivity index (χ4n) is 6.09. The minimum atomic E-state index is -1.32. The van der Waals surface area contributed by atoms with Gasteiger partial charge >= 0.3 is 23.9 Å². The van der Waals surface area contributed by atoms with E-state index >= 15 is 0 Å². The number of hydrogen-bond acceptors (Lipinski definition) is 18. The van der Waals surface area contributed by atoms with E-state index in [9.17, 15) is 39.6 Å². The number of anilines is 2. The molecule has 3 aromatic carbocycles. The van der Waals surface area contributed by atoms with Crippen LogP contribution in [0.15, 0.2) is 81.1 Å². The van der Waals surface area contributed by atoms with E-state index in [0.717, 1.165) is 34.8 Å². The predicted molar refractivity (Wildman–Crippen MR) is 234 cm³/mol. The second kappa shape index (κ2) is 16.6. The number of nitrogens with zero attached hydrogens (tertiary/aromatic N) is 12. The third-order valence-electron chi connectivity index (χ3n) is 9.20. The number of benzene rings is 3. The number of aromatic nitrogens is 8. The Bertz CT molecular complexity index is 2810. The van der Waals surface area contributed by atoms with Gasteiger partial charge in [-0.05, 0) is 36.4 Å². The molecular weight excluding hydrogens is 869 g/mol. The van der Waals surface area contributed by atoms with Crippen LogP contribution < -0.4 is 11.5 Å². The van der Waals surface area contributed by atoms with Gasteiger partial charge in [0.2, 0.25) is 0 Å². The van der Waals surface area contributed by atoms with Gasteiger partial charge in [0, 0.05) is 22.0 Å². The summed E-state index contributed by atoms with van der Waals surface area (Å²) in [6.45, 7) is 11.2. The zero-order valence-electron chi connectivity index (χ0n) is 34.5. The summed E-state index contributed by atoms with van der Waals surface area (Å²) >= 11 is 2.31. The number of carboxylic acids is 4. The van der Waals surface area contributed by atoms with E-state index < -0.39 is 34.7 Å². The first-order chi connectivity index (χ1) is 30.1. The van der Waals surface area contributed by atoms with Crippen LogP contribution in [0.25, 0.3) is 32.5 Å². The Labute approximate surface area is 369 Å². The first-order valence-electron chi connectivity index (χ1n) is 18.7. The van der Waals surface area contributed by atoms with Crippen LogP contribution in [0.2, 0.25) is 0 Å². The first kappa shape index (κ1) is 44.0. The normalized spacial score (nSPS) is 12.1. The van der Waals surface area contributed by atoms with Crippen LogP contribution >= 0.6 is 22.7 Å². The minimum absolute atomic E-state index is 0.00221. The van der Waals surface area contributed by atoms with Crippen molar-refractivity contribution in [3.8, 4) is 32.5 Å². The standard InChI is InChI=1S/C40H36N14O8S2/c1-39(2,3)27-25(29(41)53(51-27)23-13-19(33(55)56)11-20(14-23)34(57)58)43-47-37-49-45-31(63-37)17-7-9-18(10-8-17)32-46-50-38(64-32)48-44-26-28(40(4,5)6)52-54(30(26)42)24-15-21(35(59)60)12-22(16-24)36(61)62/h7-16H,41-42H2,1-6H3,(H,55,56)(H,57,58)(H,59,60)(H,61,62). The van der Waals surface area contributed by atoms with Crippen molar-refractivity contribution in [2.24, 2.45) is 20.5 Å². The average Bonchev–Trinajstić information content (AvgIpc) is 4.04. The van der Waals surface area contributed by atoms with Crippen LogP contribution in [-0.2, 0) is 10.8 Å². The monoisotopic (exact) mass is 904 g/mol. The second-order valence-electron chi connectivity index (χ2n) is 16.0. The van der Waals surface area contributed by atoms with Gasteiger partial charge in [-0.15, -0.1) is 40.9 Å². The largest absolute Gasteiger partial charge is 0.478 e. The lowest BCUT2D eigenvalue weighted by Crippen LogP contribution is -2.13. The first-order valence-corrected chi connectivity index (χ1v) is 20.4. The molecule has 24 heteroatoms. The number of carbonyl (C=O) groups is 4. The highest BCUT2D eigenvalue weighted by Gasteiger charge is 2.29. The van der Waals surface area contributed by atoms with Crippen LogP contribution in [0, 0.1) is 0 Å². The van der Waals surface area contributed by atoms with Crippen molar-refractivity contribution < 1.29 is 39.6 Å². The molecule has 64 heavy (non-hydrogen) atoms. The van der Waals surface area contributed by atoms with Gasteiger partial charge in [0.25, 0.3) is 10.3 Å². The average molecular weight is 905 g/mol. The number of nitrogen functional groups attached to an aromatic ring is 2. The maximum absolute atomic E-state index is 11.8. The molecule has 22 nitrogen and oxygen atoms in total. The molecule has 0 amide bonds. The molecule has 4 aromatic heterocycles. The van der Waals surface area contributed by atoms with Gasteiger partial charge in [0.05, 0.1) is 45.0 Å². The summed E-state index contributed by atoms with van der Waals surface area (Å²) in [7, 11) is 0. The van der Waals surface area contributed by atoms with E-state index in [-0.39, 0.29) is 66.9 Å². The van der Waals surface area contributed by atoms with Crippen LogP contribution in [0.3, 0.4) is 0 Å². The van der Waals surface area contributed by atoms with E-state index in [1.54, 1.807) is 0 Å². The van der Waals surface area contributed by atoms with E-state index in [1.807, 2.05) is 65.8 Å². The molecule has 7 aromatic rings. The topological polar surface area (TPSA) is 338 Å². The Morgan fingerprint density at radius 2 is 0.828 bits per heavy atom. The van der Waals surface area contributed by atoms with E-state index in [0.29, 0.717) is 32.5 Å². The van der Waals surface area contributed by atoms with Gasteiger partial charge in [-0.2, -0.15) is 10.2 Å². The fourth-order valence-corrected chi connectivity index (χ4v) is 7.44. The maximum atomic E-state index is 11.8. The summed E-state index contributed by atoms with van der Waals surface area (Å²) in [6, 6.07) is 14.4. The SMILES string of the molecule is CC(C)(C)c1nn(-c2cc(C(=O)O)cc(C(=O)O)c2)c(N)c1N=Nc1nnc(-c2ccc(-c3nnc(N=Nc4c(C(C)(C)C)nn(-c5cc(C(=O)O)cc(C(=O)O)c5)c4N)s3)cc2)s1. The van der Waals surface area contributed by atoms with Gasteiger partial charge in [0.15, 0.2) is 23.0 Å². The molecule has 7 rings (SSSR count). The molecule has 0 atom stereocenters. The fraction of sp³-hybridized carbons (Fsp3) is 0.200. The maximum Gasteiger partial charge on any atom is 0.335 e. The van der Waals surface area contributed by atoms with Crippen LogP contribution in [0.4, 0.5) is 33.3 Å². The zero-order chi connectivity index (χ0) is 46.4. The molecule has 8 N–H and O–H groups in total. The number of rotatable bonds is 12. The van der Waals surface area contributed by atoms with E-state index in [4.69, 9.17) is 11.5 Å². The Hall–Kier alpha value is -8.12. The summed E-state index contributed by atoms with van der Waals surface area (Å²) < 4.78 is 2.46. The molecule has 0 spiro atoms. The van der Waals surface area contributed by atoms with Crippen LogP contribution in [0.5, 0.6) is 0 Å². The highest BCUT2D eigenvalue weighted by atomic mass is 32.1. The molecular formula is C40H36N14O8S2.